The van der Waals surface area contributed by atoms with Crippen molar-refractivity contribution in [2.24, 2.45) is 23.7 Å². The predicted molar refractivity (Wildman–Crippen MR) is 182 cm³/mol. The van der Waals surface area contributed by atoms with Gasteiger partial charge in [-0.25, -0.2) is 0 Å². The molecule has 0 radical (unpaired) electrons. The summed E-state index contributed by atoms with van der Waals surface area (Å²) in [7, 11) is 0. The summed E-state index contributed by atoms with van der Waals surface area (Å²) in [6, 6.07) is 32.7. The lowest BCUT2D eigenvalue weighted by atomic mass is 9.44. The molecule has 238 valence electrons. The van der Waals surface area contributed by atoms with E-state index in [1.54, 1.807) is 6.07 Å². The molecule has 2 fully saturated rings. The number of Topliss-reactive ketones (excluding diaryl/α,β-unsaturated/α-hetero) is 1. The van der Waals surface area contributed by atoms with Crippen LogP contribution in [-0.2, 0) is 31.1 Å². The lowest BCUT2D eigenvalue weighted by Crippen LogP contribution is -2.58. The SMILES string of the molecule is O=C1C(c2ccccc2)=CC(=O)C2(c3ccccc3)C1CC1C(=CCC3C(=O)N(Cc4ccccc4)C(=O)C31)C2c1ccc(O)cc1Cl. The van der Waals surface area contributed by atoms with Crippen LogP contribution in [0.25, 0.3) is 5.57 Å². The molecule has 4 aromatic carbocycles. The molecule has 1 N–H and O–H groups in total. The van der Waals surface area contributed by atoms with Crippen LogP contribution in [0.15, 0.2) is 127 Å². The zero-order chi connectivity index (χ0) is 33.2. The van der Waals surface area contributed by atoms with E-state index < -0.39 is 35.0 Å². The van der Waals surface area contributed by atoms with Crippen molar-refractivity contribution in [1.82, 2.24) is 4.90 Å². The van der Waals surface area contributed by atoms with Crippen LogP contribution < -0.4 is 0 Å². The van der Waals surface area contributed by atoms with Gasteiger partial charge >= 0.3 is 0 Å². The van der Waals surface area contributed by atoms with Crippen LogP contribution in [0.1, 0.15) is 41.0 Å². The molecule has 1 saturated carbocycles. The number of phenolic OH excluding ortho intramolecular Hbond substituents is 1. The van der Waals surface area contributed by atoms with Crippen molar-refractivity contribution in [1.29, 1.82) is 0 Å². The molecule has 6 nitrogen and oxygen atoms in total. The molecule has 6 atom stereocenters. The molecule has 4 aliphatic rings. The third kappa shape index (κ3) is 4.46. The van der Waals surface area contributed by atoms with E-state index in [0.29, 0.717) is 28.7 Å². The van der Waals surface area contributed by atoms with Gasteiger partial charge in [0, 0.05) is 22.4 Å². The number of amides is 2. The molecule has 1 heterocycles. The Hall–Kier alpha value is -5.07. The van der Waals surface area contributed by atoms with Crippen molar-refractivity contribution in [3.63, 3.8) is 0 Å². The van der Waals surface area contributed by atoms with Gasteiger partial charge in [0.2, 0.25) is 11.8 Å². The molecule has 0 aromatic heterocycles. The summed E-state index contributed by atoms with van der Waals surface area (Å²) in [5.41, 5.74) is 2.59. The number of carbonyl (C=O) groups excluding carboxylic acids is 4. The normalized spacial score (nSPS) is 27.9. The zero-order valence-electron chi connectivity index (χ0n) is 26.0. The number of hydrogen-bond donors (Lipinski definition) is 1. The van der Waals surface area contributed by atoms with Crippen LogP contribution >= 0.6 is 11.6 Å². The number of rotatable bonds is 5. The summed E-state index contributed by atoms with van der Waals surface area (Å²) in [5, 5.41) is 10.6. The number of carbonyl (C=O) groups is 4. The Morgan fingerprint density at radius 3 is 2.15 bits per heavy atom. The molecule has 6 unspecified atom stereocenters. The van der Waals surface area contributed by atoms with Crippen LogP contribution in [0.4, 0.5) is 0 Å². The minimum absolute atomic E-state index is 0.0236. The summed E-state index contributed by atoms with van der Waals surface area (Å²) >= 11 is 6.93. The smallest absolute Gasteiger partial charge is 0.234 e. The Kier molecular flexibility index (Phi) is 7.30. The van der Waals surface area contributed by atoms with Crippen molar-refractivity contribution in [2.45, 2.75) is 30.7 Å². The molecule has 0 bridgehead atoms. The molecular weight excluding hydrogens is 622 g/mol. The van der Waals surface area contributed by atoms with Crippen molar-refractivity contribution >= 4 is 40.6 Å². The second-order valence-corrected chi connectivity index (χ2v) is 13.6. The minimum atomic E-state index is -1.37. The van der Waals surface area contributed by atoms with Gasteiger partial charge < -0.3 is 5.11 Å². The minimum Gasteiger partial charge on any atom is -0.508 e. The Bertz CT molecular complexity index is 2040. The van der Waals surface area contributed by atoms with Crippen LogP contribution in [0.5, 0.6) is 5.75 Å². The van der Waals surface area contributed by atoms with E-state index in [0.717, 1.165) is 11.1 Å². The van der Waals surface area contributed by atoms with E-state index in [1.165, 1.54) is 23.1 Å². The van der Waals surface area contributed by atoms with E-state index in [4.69, 9.17) is 11.6 Å². The average molecular weight is 654 g/mol. The van der Waals surface area contributed by atoms with Gasteiger partial charge in [0.15, 0.2) is 11.6 Å². The molecule has 3 aliphatic carbocycles. The fraction of sp³-hybridized carbons (Fsp3) is 0.220. The van der Waals surface area contributed by atoms with Gasteiger partial charge in [0.05, 0.1) is 23.8 Å². The van der Waals surface area contributed by atoms with Crippen molar-refractivity contribution in [3.05, 3.63) is 154 Å². The number of allylic oxidation sites excluding steroid dienone is 4. The Morgan fingerprint density at radius 2 is 1.46 bits per heavy atom. The van der Waals surface area contributed by atoms with Gasteiger partial charge in [-0.05, 0) is 59.2 Å². The first-order valence-electron chi connectivity index (χ1n) is 16.3. The van der Waals surface area contributed by atoms with Crippen molar-refractivity contribution < 1.29 is 24.3 Å². The number of likely N-dealkylation sites (tertiary alicyclic amines) is 1. The maximum Gasteiger partial charge on any atom is 0.234 e. The van der Waals surface area contributed by atoms with Crippen LogP contribution in [0.3, 0.4) is 0 Å². The third-order valence-electron chi connectivity index (χ3n) is 10.9. The summed E-state index contributed by atoms with van der Waals surface area (Å²) in [6.45, 7) is 0.177. The van der Waals surface area contributed by atoms with Crippen LogP contribution in [-0.4, -0.2) is 33.4 Å². The van der Waals surface area contributed by atoms with E-state index >= 15 is 4.79 Å². The van der Waals surface area contributed by atoms with Gasteiger partial charge in [0.1, 0.15) is 5.75 Å². The third-order valence-corrected chi connectivity index (χ3v) is 11.3. The highest BCUT2D eigenvalue weighted by Crippen LogP contribution is 2.64. The Morgan fingerprint density at radius 1 is 0.792 bits per heavy atom. The maximum atomic E-state index is 15.0. The number of nitrogens with zero attached hydrogens (tertiary/aromatic N) is 1. The highest BCUT2D eigenvalue weighted by molar-refractivity contribution is 6.33. The quantitative estimate of drug-likeness (QED) is 0.184. The molecule has 1 aliphatic heterocycles. The van der Waals surface area contributed by atoms with Gasteiger partial charge in [0.25, 0.3) is 0 Å². The lowest BCUT2D eigenvalue weighted by molar-refractivity contribution is -0.141. The number of aromatic hydroxyl groups is 1. The first-order valence-corrected chi connectivity index (χ1v) is 16.7. The largest absolute Gasteiger partial charge is 0.508 e. The summed E-state index contributed by atoms with van der Waals surface area (Å²) in [4.78, 5) is 59.6. The predicted octanol–water partition coefficient (Wildman–Crippen LogP) is 7.07. The first-order chi connectivity index (χ1) is 23.3. The summed E-state index contributed by atoms with van der Waals surface area (Å²) < 4.78 is 0. The number of imide groups is 1. The standard InChI is InChI=1S/C41H32ClNO5/c42-34-20-27(44)16-17-29(34)37-28-18-19-30-36(40(48)43(39(30)47)23-24-10-4-1-5-11-24)32(28)21-33-38(46)31(25-12-6-2-7-13-25)22-35(45)41(33,37)26-14-8-3-9-15-26/h1-18,20,22,30,32-33,36-37,44H,19,21,23H2. The van der Waals surface area contributed by atoms with Crippen LogP contribution in [0, 0.1) is 23.7 Å². The van der Waals surface area contributed by atoms with E-state index in [9.17, 15) is 19.5 Å². The topological polar surface area (TPSA) is 91.8 Å². The molecule has 0 spiro atoms. The number of fused-ring (bicyclic) bond motifs is 4. The van der Waals surface area contributed by atoms with Crippen molar-refractivity contribution in [3.8, 4) is 5.75 Å². The molecule has 2 amide bonds. The van der Waals surface area contributed by atoms with Crippen molar-refractivity contribution in [2.75, 3.05) is 0 Å². The number of hydrogen-bond acceptors (Lipinski definition) is 5. The Balaban J connectivity index is 1.34. The second-order valence-electron chi connectivity index (χ2n) is 13.2. The van der Waals surface area contributed by atoms with E-state index in [2.05, 4.69) is 0 Å². The second kappa shape index (κ2) is 11.6. The number of benzene rings is 4. The van der Waals surface area contributed by atoms with E-state index in [-0.39, 0.29) is 47.1 Å². The monoisotopic (exact) mass is 653 g/mol. The fourth-order valence-electron chi connectivity index (χ4n) is 8.96. The fourth-order valence-corrected chi connectivity index (χ4v) is 9.24. The van der Waals surface area contributed by atoms with Gasteiger partial charge in [-0.1, -0.05) is 120 Å². The number of ketones is 2. The number of phenols is 1. The van der Waals surface area contributed by atoms with Crippen LogP contribution in [0.2, 0.25) is 5.02 Å². The molecular formula is C41H32ClNO5. The molecule has 7 heteroatoms. The summed E-state index contributed by atoms with van der Waals surface area (Å²) in [6.07, 6.45) is 4.06. The zero-order valence-corrected chi connectivity index (χ0v) is 26.7. The van der Waals surface area contributed by atoms with E-state index in [1.807, 2.05) is 97.1 Å². The van der Waals surface area contributed by atoms with Gasteiger partial charge in [-0.3, -0.25) is 24.1 Å². The average Bonchev–Trinajstić information content (AvgIpc) is 3.35. The molecule has 8 rings (SSSR count). The van der Waals surface area contributed by atoms with Gasteiger partial charge in [-0.2, -0.15) is 0 Å². The molecule has 1 saturated heterocycles. The first kappa shape index (κ1) is 30.3. The summed E-state index contributed by atoms with van der Waals surface area (Å²) in [5.74, 6) is -4.18. The molecule has 4 aromatic rings. The molecule has 48 heavy (non-hydrogen) atoms. The highest BCUT2D eigenvalue weighted by Gasteiger charge is 2.66. The number of halogens is 1. The highest BCUT2D eigenvalue weighted by atomic mass is 35.5. The maximum absolute atomic E-state index is 15.0. The Labute approximate surface area is 283 Å². The lowest BCUT2D eigenvalue weighted by Gasteiger charge is -2.55. The van der Waals surface area contributed by atoms with Gasteiger partial charge in [-0.15, -0.1) is 0 Å².